The summed E-state index contributed by atoms with van der Waals surface area (Å²) in [6.07, 6.45) is 3.36. The zero-order chi connectivity index (χ0) is 17.2. The summed E-state index contributed by atoms with van der Waals surface area (Å²) < 4.78 is 26.9. The summed E-state index contributed by atoms with van der Waals surface area (Å²) >= 11 is 0. The molecule has 2 fully saturated rings. The number of nitrogens with zero attached hydrogens (tertiary/aromatic N) is 4. The van der Waals surface area contributed by atoms with Crippen molar-refractivity contribution in [1.82, 2.24) is 14.2 Å². The Morgan fingerprint density at radius 3 is 2.33 bits per heavy atom. The van der Waals surface area contributed by atoms with Gasteiger partial charge in [0.05, 0.1) is 0 Å². The molecule has 0 unspecified atom stereocenters. The molecule has 0 spiro atoms. The van der Waals surface area contributed by atoms with E-state index in [2.05, 4.69) is 14.8 Å². The lowest BCUT2D eigenvalue weighted by Crippen LogP contribution is -2.47. The fraction of sp³-hybridized carbons (Fsp3) is 0.688. The van der Waals surface area contributed by atoms with E-state index in [0.717, 1.165) is 44.8 Å². The maximum absolute atomic E-state index is 12.7. The lowest BCUT2D eigenvalue weighted by Gasteiger charge is -2.32. The number of sulfonamides is 1. The topological polar surface area (TPSA) is 77.0 Å². The van der Waals surface area contributed by atoms with Crippen LogP contribution in [-0.2, 0) is 10.0 Å². The smallest absolute Gasteiger partial charge is 0.244 e. The monoisotopic (exact) mass is 354 g/mol. The highest BCUT2D eigenvalue weighted by Crippen LogP contribution is 2.23. The molecular weight excluding hydrogens is 328 g/mol. The molecule has 0 atom stereocenters. The fourth-order valence-electron chi connectivity index (χ4n) is 3.23. The van der Waals surface area contributed by atoms with E-state index >= 15 is 0 Å². The molecule has 2 aliphatic heterocycles. The first-order valence-corrected chi connectivity index (χ1v) is 9.95. The second-order valence-corrected chi connectivity index (χ2v) is 8.61. The average molecular weight is 354 g/mol. The van der Waals surface area contributed by atoms with Crippen molar-refractivity contribution in [2.75, 3.05) is 57.8 Å². The molecule has 2 aliphatic rings. The zero-order valence-electron chi connectivity index (χ0n) is 14.1. The molecule has 0 amide bonds. The van der Waals surface area contributed by atoms with Crippen molar-refractivity contribution in [3.8, 4) is 0 Å². The third-order valence-electron chi connectivity index (χ3n) is 5.02. The summed E-state index contributed by atoms with van der Waals surface area (Å²) in [5, 5.41) is 9.21. The maximum Gasteiger partial charge on any atom is 0.244 e. The van der Waals surface area contributed by atoms with Gasteiger partial charge in [0.2, 0.25) is 10.0 Å². The minimum atomic E-state index is -3.45. The first kappa shape index (κ1) is 17.6. The molecule has 0 bridgehead atoms. The van der Waals surface area contributed by atoms with Crippen molar-refractivity contribution in [3.05, 3.63) is 18.3 Å². The molecule has 0 aliphatic carbocycles. The summed E-state index contributed by atoms with van der Waals surface area (Å²) in [6, 6.07) is 3.45. The molecule has 1 aromatic heterocycles. The van der Waals surface area contributed by atoms with Crippen LogP contribution in [0.2, 0.25) is 0 Å². The van der Waals surface area contributed by atoms with Crippen molar-refractivity contribution in [1.29, 1.82) is 0 Å². The molecule has 134 valence electrons. The van der Waals surface area contributed by atoms with Crippen molar-refractivity contribution in [2.45, 2.75) is 17.7 Å². The van der Waals surface area contributed by atoms with E-state index in [4.69, 9.17) is 0 Å². The predicted octanol–water partition coefficient (Wildman–Crippen LogP) is 0.226. The molecule has 24 heavy (non-hydrogen) atoms. The van der Waals surface area contributed by atoms with Crippen molar-refractivity contribution >= 4 is 15.8 Å². The van der Waals surface area contributed by atoms with Gasteiger partial charge in [0, 0.05) is 52.1 Å². The SMILES string of the molecule is CN1CCN(S(=O)(=O)c2ccc(N3CCC(CO)CC3)nc2)CC1. The third-order valence-corrected chi connectivity index (χ3v) is 6.90. The molecule has 7 nitrogen and oxygen atoms in total. The second-order valence-electron chi connectivity index (χ2n) is 6.67. The Morgan fingerprint density at radius 1 is 1.12 bits per heavy atom. The van der Waals surface area contributed by atoms with Crippen LogP contribution >= 0.6 is 0 Å². The highest BCUT2D eigenvalue weighted by atomic mass is 32.2. The zero-order valence-corrected chi connectivity index (χ0v) is 15.0. The van der Waals surface area contributed by atoms with Crippen molar-refractivity contribution in [2.24, 2.45) is 5.92 Å². The number of aliphatic hydroxyl groups excluding tert-OH is 1. The minimum Gasteiger partial charge on any atom is -0.396 e. The number of aromatic nitrogens is 1. The first-order valence-electron chi connectivity index (χ1n) is 8.51. The Morgan fingerprint density at radius 2 is 1.79 bits per heavy atom. The number of rotatable bonds is 4. The minimum absolute atomic E-state index is 0.240. The largest absolute Gasteiger partial charge is 0.396 e. The van der Waals surface area contributed by atoms with Gasteiger partial charge in [0.15, 0.2) is 0 Å². The summed E-state index contributed by atoms with van der Waals surface area (Å²) in [7, 11) is -1.45. The number of pyridine rings is 1. The van der Waals surface area contributed by atoms with E-state index in [9.17, 15) is 13.5 Å². The van der Waals surface area contributed by atoms with E-state index in [1.165, 1.54) is 10.5 Å². The van der Waals surface area contributed by atoms with Gasteiger partial charge in [-0.15, -0.1) is 0 Å². The lowest BCUT2D eigenvalue weighted by molar-refractivity contribution is 0.203. The van der Waals surface area contributed by atoms with Gasteiger partial charge in [0.1, 0.15) is 10.7 Å². The molecule has 0 radical (unpaired) electrons. The van der Waals surface area contributed by atoms with Crippen molar-refractivity contribution < 1.29 is 13.5 Å². The highest BCUT2D eigenvalue weighted by molar-refractivity contribution is 7.89. The number of likely N-dealkylation sites (N-methyl/N-ethyl adjacent to an activating group) is 1. The molecular formula is C16H26N4O3S. The van der Waals surface area contributed by atoms with E-state index in [1.54, 1.807) is 12.1 Å². The van der Waals surface area contributed by atoms with Gasteiger partial charge in [-0.2, -0.15) is 4.31 Å². The summed E-state index contributed by atoms with van der Waals surface area (Å²) in [5.41, 5.74) is 0. The van der Waals surface area contributed by atoms with Crippen LogP contribution in [0.3, 0.4) is 0 Å². The Bertz CT molecular complexity index is 634. The van der Waals surface area contributed by atoms with Gasteiger partial charge in [-0.05, 0) is 37.9 Å². The van der Waals surface area contributed by atoms with Crippen LogP contribution in [0.1, 0.15) is 12.8 Å². The van der Waals surface area contributed by atoms with Gasteiger partial charge in [-0.1, -0.05) is 0 Å². The van der Waals surface area contributed by atoms with Crippen LogP contribution in [0.4, 0.5) is 5.82 Å². The maximum atomic E-state index is 12.7. The van der Waals surface area contributed by atoms with Gasteiger partial charge < -0.3 is 14.9 Å². The Labute approximate surface area is 143 Å². The number of piperazine rings is 1. The Balaban J connectivity index is 1.68. The quantitative estimate of drug-likeness (QED) is 0.834. The van der Waals surface area contributed by atoms with Gasteiger partial charge in [0.25, 0.3) is 0 Å². The molecule has 0 saturated carbocycles. The number of hydrogen-bond acceptors (Lipinski definition) is 6. The number of piperidine rings is 1. The van der Waals surface area contributed by atoms with E-state index in [-0.39, 0.29) is 11.5 Å². The summed E-state index contributed by atoms with van der Waals surface area (Å²) in [6.45, 7) is 4.49. The van der Waals surface area contributed by atoms with Crippen LogP contribution in [0.5, 0.6) is 0 Å². The number of aliphatic hydroxyl groups is 1. The van der Waals surface area contributed by atoms with E-state index in [1.807, 2.05) is 7.05 Å². The average Bonchev–Trinajstić information content (AvgIpc) is 2.62. The Kier molecular flexibility index (Phi) is 5.39. The van der Waals surface area contributed by atoms with E-state index in [0.29, 0.717) is 19.0 Å². The van der Waals surface area contributed by atoms with Gasteiger partial charge in [-0.3, -0.25) is 0 Å². The van der Waals surface area contributed by atoms with Crippen LogP contribution in [0.15, 0.2) is 23.2 Å². The van der Waals surface area contributed by atoms with Crippen LogP contribution in [-0.4, -0.2) is 80.6 Å². The molecule has 3 heterocycles. The molecule has 1 aromatic rings. The van der Waals surface area contributed by atoms with Crippen molar-refractivity contribution in [3.63, 3.8) is 0 Å². The van der Waals surface area contributed by atoms with E-state index < -0.39 is 10.0 Å². The molecule has 0 aromatic carbocycles. The number of anilines is 1. The summed E-state index contributed by atoms with van der Waals surface area (Å²) in [4.78, 5) is 8.92. The molecule has 2 saturated heterocycles. The third kappa shape index (κ3) is 3.72. The Hall–Kier alpha value is -1.22. The molecule has 3 rings (SSSR count). The normalized spacial score (nSPS) is 22.0. The predicted molar refractivity (Wildman–Crippen MR) is 92.5 cm³/mol. The second kappa shape index (κ2) is 7.35. The van der Waals surface area contributed by atoms with Crippen LogP contribution in [0.25, 0.3) is 0 Å². The fourth-order valence-corrected chi connectivity index (χ4v) is 4.60. The highest BCUT2D eigenvalue weighted by Gasteiger charge is 2.28. The lowest BCUT2D eigenvalue weighted by atomic mass is 9.98. The molecule has 8 heteroatoms. The first-order chi connectivity index (χ1) is 11.5. The number of hydrogen-bond donors (Lipinski definition) is 1. The van der Waals surface area contributed by atoms with Crippen LogP contribution < -0.4 is 4.90 Å². The van der Waals surface area contributed by atoms with Gasteiger partial charge in [-0.25, -0.2) is 13.4 Å². The summed E-state index contributed by atoms with van der Waals surface area (Å²) in [5.74, 6) is 1.18. The van der Waals surface area contributed by atoms with Gasteiger partial charge >= 0.3 is 0 Å². The standard InChI is InChI=1S/C16H26N4O3S/c1-18-8-10-20(11-9-18)24(22,23)15-2-3-16(17-12-15)19-6-4-14(13-21)5-7-19/h2-3,12,14,21H,4-11,13H2,1H3. The van der Waals surface area contributed by atoms with Crippen LogP contribution in [0, 0.1) is 5.92 Å². The molecule has 1 N–H and O–H groups in total.